The second kappa shape index (κ2) is 7.01. The number of aliphatic hydroxyl groups is 1. The van der Waals surface area contributed by atoms with Crippen LogP contribution in [0.5, 0.6) is 5.75 Å². The molecule has 0 aliphatic heterocycles. The summed E-state index contributed by atoms with van der Waals surface area (Å²) in [7, 11) is 1.72. The van der Waals surface area contributed by atoms with Gasteiger partial charge in [-0.25, -0.2) is 0 Å². The largest absolute Gasteiger partial charge is 0.481 e. The minimum Gasteiger partial charge on any atom is -0.481 e. The summed E-state index contributed by atoms with van der Waals surface area (Å²) in [5.74, 6) is 0.599. The number of benzene rings is 1. The van der Waals surface area contributed by atoms with E-state index in [2.05, 4.69) is 0 Å². The maximum atomic E-state index is 12.0. The van der Waals surface area contributed by atoms with Crippen LogP contribution in [0.25, 0.3) is 0 Å². The third-order valence-electron chi connectivity index (χ3n) is 2.66. The number of aliphatic hydroxyl groups excluding tert-OH is 1. The number of carbonyl (C=O) groups is 1. The number of para-hydroxylation sites is 1. The molecule has 0 spiro atoms. The van der Waals surface area contributed by atoms with E-state index in [0.717, 1.165) is 0 Å². The summed E-state index contributed by atoms with van der Waals surface area (Å²) < 4.78 is 5.55. The topological polar surface area (TPSA) is 49.8 Å². The number of ether oxygens (including phenoxy) is 1. The van der Waals surface area contributed by atoms with Crippen LogP contribution in [0.15, 0.2) is 30.3 Å². The van der Waals surface area contributed by atoms with E-state index in [1.54, 1.807) is 25.8 Å². The fourth-order valence-electron chi connectivity index (χ4n) is 1.55. The third kappa shape index (κ3) is 4.75. The second-order valence-electron chi connectivity index (χ2n) is 4.47. The van der Waals surface area contributed by atoms with Gasteiger partial charge >= 0.3 is 0 Å². The Bertz CT molecular complexity index is 365. The average molecular weight is 251 g/mol. The highest BCUT2D eigenvalue weighted by molar-refractivity contribution is 5.80. The molecule has 4 nitrogen and oxygen atoms in total. The van der Waals surface area contributed by atoms with E-state index in [4.69, 9.17) is 4.74 Å². The predicted molar refractivity (Wildman–Crippen MR) is 70.5 cm³/mol. The Morgan fingerprint density at radius 2 is 1.94 bits per heavy atom. The van der Waals surface area contributed by atoms with Crippen LogP contribution in [0.1, 0.15) is 20.3 Å². The van der Waals surface area contributed by atoms with Gasteiger partial charge in [0.2, 0.25) is 0 Å². The van der Waals surface area contributed by atoms with Crippen LogP contribution >= 0.6 is 0 Å². The van der Waals surface area contributed by atoms with Crippen molar-refractivity contribution in [3.8, 4) is 5.75 Å². The highest BCUT2D eigenvalue weighted by atomic mass is 16.5. The molecule has 1 aromatic rings. The molecule has 0 saturated heterocycles. The van der Waals surface area contributed by atoms with Crippen LogP contribution in [-0.2, 0) is 4.79 Å². The highest BCUT2D eigenvalue weighted by Crippen LogP contribution is 2.11. The van der Waals surface area contributed by atoms with Gasteiger partial charge in [-0.15, -0.1) is 0 Å². The first-order valence-electron chi connectivity index (χ1n) is 6.15. The van der Waals surface area contributed by atoms with E-state index < -0.39 is 12.2 Å². The molecule has 0 heterocycles. The molecule has 0 aliphatic rings. The van der Waals surface area contributed by atoms with Crippen LogP contribution in [0.4, 0.5) is 0 Å². The van der Waals surface area contributed by atoms with E-state index in [1.807, 2.05) is 30.3 Å². The molecule has 0 fully saturated rings. The molecule has 18 heavy (non-hydrogen) atoms. The number of likely N-dealkylation sites (N-methyl/N-ethyl adjacent to an activating group) is 1. The van der Waals surface area contributed by atoms with E-state index in [1.165, 1.54) is 0 Å². The fourth-order valence-corrected chi connectivity index (χ4v) is 1.55. The first-order valence-corrected chi connectivity index (χ1v) is 6.15. The molecule has 0 aliphatic carbocycles. The zero-order chi connectivity index (χ0) is 13.5. The molecule has 100 valence electrons. The van der Waals surface area contributed by atoms with Gasteiger partial charge in [0.05, 0.1) is 6.10 Å². The van der Waals surface area contributed by atoms with Crippen LogP contribution in [0.3, 0.4) is 0 Å². The summed E-state index contributed by atoms with van der Waals surface area (Å²) in [5.41, 5.74) is 0. The van der Waals surface area contributed by atoms with E-state index >= 15 is 0 Å². The Morgan fingerprint density at radius 1 is 1.33 bits per heavy atom. The smallest absolute Gasteiger partial charge is 0.263 e. The molecule has 1 N–H and O–H groups in total. The van der Waals surface area contributed by atoms with E-state index in [0.29, 0.717) is 18.7 Å². The SMILES string of the molecule is CC(O)CCN(C)C(=O)C(C)Oc1ccccc1. The van der Waals surface area contributed by atoms with Crippen LogP contribution < -0.4 is 4.74 Å². The minimum atomic E-state index is -0.522. The summed E-state index contributed by atoms with van der Waals surface area (Å²) in [4.78, 5) is 13.6. The van der Waals surface area contributed by atoms with Gasteiger partial charge in [0.15, 0.2) is 6.10 Å². The zero-order valence-corrected chi connectivity index (χ0v) is 11.2. The Balaban J connectivity index is 2.46. The van der Waals surface area contributed by atoms with E-state index in [-0.39, 0.29) is 5.91 Å². The lowest BCUT2D eigenvalue weighted by atomic mass is 10.2. The van der Waals surface area contributed by atoms with Crippen LogP contribution in [0.2, 0.25) is 0 Å². The summed E-state index contributed by atoms with van der Waals surface area (Å²) in [5, 5.41) is 9.19. The molecular formula is C14H21NO3. The van der Waals surface area contributed by atoms with Gasteiger partial charge in [0.25, 0.3) is 5.91 Å². The van der Waals surface area contributed by atoms with Crippen molar-refractivity contribution >= 4 is 5.91 Å². The van der Waals surface area contributed by atoms with Crippen molar-refractivity contribution in [1.29, 1.82) is 0 Å². The Labute approximate surface area is 108 Å². The van der Waals surface area contributed by atoms with Gasteiger partial charge in [-0.2, -0.15) is 0 Å². The van der Waals surface area contributed by atoms with Crippen molar-refractivity contribution < 1.29 is 14.6 Å². The first kappa shape index (κ1) is 14.5. The molecule has 1 amide bonds. The molecule has 0 aromatic heterocycles. The molecule has 2 atom stereocenters. The molecule has 1 rings (SSSR count). The van der Waals surface area contributed by atoms with Crippen molar-refractivity contribution in [1.82, 2.24) is 4.90 Å². The van der Waals surface area contributed by atoms with Crippen molar-refractivity contribution in [3.63, 3.8) is 0 Å². The third-order valence-corrected chi connectivity index (χ3v) is 2.66. The quantitative estimate of drug-likeness (QED) is 0.837. The second-order valence-corrected chi connectivity index (χ2v) is 4.47. The highest BCUT2D eigenvalue weighted by Gasteiger charge is 2.19. The Hall–Kier alpha value is -1.55. The summed E-state index contributed by atoms with van der Waals surface area (Å²) in [6, 6.07) is 9.26. The predicted octanol–water partition coefficient (Wildman–Crippen LogP) is 1.68. The summed E-state index contributed by atoms with van der Waals surface area (Å²) >= 11 is 0. The molecule has 4 heteroatoms. The van der Waals surface area contributed by atoms with Crippen molar-refractivity contribution in [2.24, 2.45) is 0 Å². The number of hydrogen-bond donors (Lipinski definition) is 1. The van der Waals surface area contributed by atoms with Crippen LogP contribution in [0, 0.1) is 0 Å². The molecule has 0 saturated carbocycles. The standard InChI is InChI=1S/C14H21NO3/c1-11(16)9-10-15(3)14(17)12(2)18-13-7-5-4-6-8-13/h4-8,11-12,16H,9-10H2,1-3H3. The van der Waals surface area contributed by atoms with Crippen LogP contribution in [-0.4, -0.2) is 41.7 Å². The van der Waals surface area contributed by atoms with E-state index in [9.17, 15) is 9.90 Å². The Kier molecular flexibility index (Phi) is 5.65. The monoisotopic (exact) mass is 251 g/mol. The number of nitrogens with zero attached hydrogens (tertiary/aromatic N) is 1. The number of hydrogen-bond acceptors (Lipinski definition) is 3. The lowest BCUT2D eigenvalue weighted by Gasteiger charge is -2.22. The van der Waals surface area contributed by atoms with Gasteiger partial charge in [0, 0.05) is 13.6 Å². The van der Waals surface area contributed by atoms with Crippen molar-refractivity contribution in [2.45, 2.75) is 32.5 Å². The van der Waals surface area contributed by atoms with Crippen molar-refractivity contribution in [2.75, 3.05) is 13.6 Å². The van der Waals surface area contributed by atoms with Crippen molar-refractivity contribution in [3.05, 3.63) is 30.3 Å². The summed E-state index contributed by atoms with van der Waals surface area (Å²) in [6.45, 7) is 3.97. The normalized spacial score (nSPS) is 13.8. The van der Waals surface area contributed by atoms with Gasteiger partial charge < -0.3 is 14.7 Å². The summed E-state index contributed by atoms with van der Waals surface area (Å²) in [6.07, 6.45) is -0.350. The van der Waals surface area contributed by atoms with Gasteiger partial charge in [-0.3, -0.25) is 4.79 Å². The van der Waals surface area contributed by atoms with Gasteiger partial charge in [-0.1, -0.05) is 18.2 Å². The lowest BCUT2D eigenvalue weighted by Crippen LogP contribution is -2.39. The average Bonchev–Trinajstić information content (AvgIpc) is 2.36. The fraction of sp³-hybridized carbons (Fsp3) is 0.500. The number of amides is 1. The maximum absolute atomic E-state index is 12.0. The maximum Gasteiger partial charge on any atom is 0.263 e. The first-order chi connectivity index (χ1) is 8.50. The molecule has 2 unspecified atom stereocenters. The van der Waals surface area contributed by atoms with Gasteiger partial charge in [0.1, 0.15) is 5.75 Å². The number of rotatable bonds is 6. The molecule has 0 radical (unpaired) electrons. The Morgan fingerprint density at radius 3 is 2.50 bits per heavy atom. The molecule has 1 aromatic carbocycles. The molecular weight excluding hydrogens is 230 g/mol. The number of carbonyl (C=O) groups excluding carboxylic acids is 1. The molecule has 0 bridgehead atoms. The lowest BCUT2D eigenvalue weighted by molar-refractivity contribution is -0.136. The zero-order valence-electron chi connectivity index (χ0n) is 11.2. The van der Waals surface area contributed by atoms with Gasteiger partial charge in [-0.05, 0) is 32.4 Å². The minimum absolute atomic E-state index is 0.0838.